The Morgan fingerprint density at radius 2 is 1.96 bits per heavy atom. The standard InChI is InChI=1S/C15H19N3O4S/c1-23(19,20)13-4-2-12(3-5-13)21-10-14-17-15(18-22-14)11-6-8-16-9-7-11/h2-5,11,16H,6-10H2,1H3. The fourth-order valence-electron chi connectivity index (χ4n) is 2.50. The Morgan fingerprint density at radius 1 is 1.26 bits per heavy atom. The van der Waals surface area contributed by atoms with Crippen molar-refractivity contribution in [3.8, 4) is 5.75 Å². The van der Waals surface area contributed by atoms with Crippen molar-refractivity contribution >= 4 is 9.84 Å². The van der Waals surface area contributed by atoms with E-state index < -0.39 is 9.84 Å². The van der Waals surface area contributed by atoms with Gasteiger partial charge in [0.15, 0.2) is 22.3 Å². The number of hydrogen-bond donors (Lipinski definition) is 1. The molecule has 1 aliphatic rings. The smallest absolute Gasteiger partial charge is 0.264 e. The molecule has 0 spiro atoms. The Morgan fingerprint density at radius 3 is 2.61 bits per heavy atom. The van der Waals surface area contributed by atoms with Crippen molar-refractivity contribution in [1.29, 1.82) is 0 Å². The predicted octanol–water partition coefficient (Wildman–Crippen LogP) is 1.52. The quantitative estimate of drug-likeness (QED) is 0.884. The second kappa shape index (κ2) is 6.67. The second-order valence-electron chi connectivity index (χ2n) is 5.60. The molecular weight excluding hydrogens is 318 g/mol. The normalized spacial score (nSPS) is 16.4. The van der Waals surface area contributed by atoms with E-state index in [0.717, 1.165) is 31.8 Å². The zero-order chi connectivity index (χ0) is 16.3. The van der Waals surface area contributed by atoms with Gasteiger partial charge in [0.05, 0.1) is 4.90 Å². The molecule has 0 saturated carbocycles. The fraction of sp³-hybridized carbons (Fsp3) is 0.467. The third kappa shape index (κ3) is 4.08. The summed E-state index contributed by atoms with van der Waals surface area (Å²) in [6, 6.07) is 6.25. The first-order valence-corrected chi connectivity index (χ1v) is 9.37. The molecule has 7 nitrogen and oxygen atoms in total. The summed E-state index contributed by atoms with van der Waals surface area (Å²) < 4.78 is 33.6. The van der Waals surface area contributed by atoms with Gasteiger partial charge in [-0.05, 0) is 50.2 Å². The van der Waals surface area contributed by atoms with Crippen LogP contribution in [0.1, 0.15) is 30.5 Å². The van der Waals surface area contributed by atoms with Crippen LogP contribution in [0.25, 0.3) is 0 Å². The Hall–Kier alpha value is -1.93. The van der Waals surface area contributed by atoms with Crippen LogP contribution in [-0.4, -0.2) is 37.9 Å². The third-order valence-corrected chi connectivity index (χ3v) is 4.93. The minimum absolute atomic E-state index is 0.163. The van der Waals surface area contributed by atoms with Crippen molar-refractivity contribution in [3.63, 3.8) is 0 Å². The van der Waals surface area contributed by atoms with E-state index in [-0.39, 0.29) is 11.5 Å². The molecule has 2 aromatic rings. The van der Waals surface area contributed by atoms with Crippen molar-refractivity contribution in [3.05, 3.63) is 36.0 Å². The monoisotopic (exact) mass is 337 g/mol. The molecule has 0 aliphatic carbocycles. The average molecular weight is 337 g/mol. The van der Waals surface area contributed by atoms with Crippen molar-refractivity contribution < 1.29 is 17.7 Å². The largest absolute Gasteiger partial charge is 0.484 e. The number of sulfone groups is 1. The molecule has 0 bridgehead atoms. The molecule has 0 amide bonds. The number of aromatic nitrogens is 2. The molecule has 2 heterocycles. The van der Waals surface area contributed by atoms with E-state index in [9.17, 15) is 8.42 Å². The van der Waals surface area contributed by atoms with Gasteiger partial charge in [-0.1, -0.05) is 5.16 Å². The first-order valence-electron chi connectivity index (χ1n) is 7.48. The Labute approximate surface area is 135 Å². The molecule has 23 heavy (non-hydrogen) atoms. The van der Waals surface area contributed by atoms with Gasteiger partial charge in [0.2, 0.25) is 0 Å². The summed E-state index contributed by atoms with van der Waals surface area (Å²) in [6.45, 7) is 2.10. The van der Waals surface area contributed by atoms with Gasteiger partial charge in [0, 0.05) is 12.2 Å². The molecule has 1 aromatic carbocycles. The van der Waals surface area contributed by atoms with Gasteiger partial charge in [-0.3, -0.25) is 0 Å². The van der Waals surface area contributed by atoms with E-state index in [1.165, 1.54) is 18.4 Å². The SMILES string of the molecule is CS(=O)(=O)c1ccc(OCc2nc(C3CCNCC3)no2)cc1. The van der Waals surface area contributed by atoms with Crippen LogP contribution in [0.5, 0.6) is 5.75 Å². The van der Waals surface area contributed by atoms with Crippen LogP contribution in [0.2, 0.25) is 0 Å². The van der Waals surface area contributed by atoms with Gasteiger partial charge in [0.1, 0.15) is 5.75 Å². The summed E-state index contributed by atoms with van der Waals surface area (Å²) in [5, 5.41) is 7.32. The highest BCUT2D eigenvalue weighted by Crippen LogP contribution is 2.23. The maximum absolute atomic E-state index is 11.4. The number of nitrogens with one attached hydrogen (secondary N) is 1. The molecular formula is C15H19N3O4S. The van der Waals surface area contributed by atoms with Crippen molar-refractivity contribution in [2.45, 2.75) is 30.3 Å². The molecule has 8 heteroatoms. The number of nitrogens with zero attached hydrogens (tertiary/aromatic N) is 2. The zero-order valence-electron chi connectivity index (χ0n) is 12.9. The molecule has 0 unspecified atom stereocenters. The first-order chi connectivity index (χ1) is 11.0. The summed E-state index contributed by atoms with van der Waals surface area (Å²) in [5.74, 6) is 2.05. The highest BCUT2D eigenvalue weighted by atomic mass is 32.2. The summed E-state index contributed by atoms with van der Waals surface area (Å²) in [5.41, 5.74) is 0. The number of ether oxygens (including phenoxy) is 1. The first kappa shape index (κ1) is 15.9. The van der Waals surface area contributed by atoms with Gasteiger partial charge in [-0.15, -0.1) is 0 Å². The zero-order valence-corrected chi connectivity index (χ0v) is 13.7. The van der Waals surface area contributed by atoms with Gasteiger partial charge >= 0.3 is 0 Å². The van der Waals surface area contributed by atoms with Gasteiger partial charge in [-0.2, -0.15) is 4.98 Å². The maximum atomic E-state index is 11.4. The van der Waals surface area contributed by atoms with Crippen LogP contribution in [0.15, 0.2) is 33.7 Å². The number of piperidine rings is 1. The summed E-state index contributed by atoms with van der Waals surface area (Å²) in [4.78, 5) is 4.64. The third-order valence-electron chi connectivity index (χ3n) is 3.80. The van der Waals surface area contributed by atoms with Gasteiger partial charge in [0.25, 0.3) is 5.89 Å². The number of rotatable bonds is 5. The average Bonchev–Trinajstić information content (AvgIpc) is 3.02. The maximum Gasteiger partial charge on any atom is 0.264 e. The lowest BCUT2D eigenvalue weighted by molar-refractivity contribution is 0.242. The van der Waals surface area contributed by atoms with Crippen molar-refractivity contribution in [1.82, 2.24) is 15.5 Å². The molecule has 0 atom stereocenters. The molecule has 1 fully saturated rings. The second-order valence-corrected chi connectivity index (χ2v) is 7.62. The number of benzene rings is 1. The Balaban J connectivity index is 1.59. The van der Waals surface area contributed by atoms with E-state index in [1.807, 2.05) is 0 Å². The molecule has 1 aromatic heterocycles. The Bertz CT molecular complexity index is 749. The lowest BCUT2D eigenvalue weighted by Gasteiger charge is -2.18. The summed E-state index contributed by atoms with van der Waals surface area (Å²) in [6.07, 6.45) is 3.18. The Kier molecular flexibility index (Phi) is 4.63. The van der Waals surface area contributed by atoms with Crippen LogP contribution < -0.4 is 10.1 Å². The molecule has 1 saturated heterocycles. The minimum atomic E-state index is -3.20. The highest BCUT2D eigenvalue weighted by molar-refractivity contribution is 7.90. The van der Waals surface area contributed by atoms with Gasteiger partial charge in [-0.25, -0.2) is 8.42 Å². The minimum Gasteiger partial charge on any atom is -0.484 e. The molecule has 0 radical (unpaired) electrons. The van der Waals surface area contributed by atoms with Crippen LogP contribution in [0.4, 0.5) is 0 Å². The van der Waals surface area contributed by atoms with Crippen molar-refractivity contribution in [2.24, 2.45) is 0 Å². The van der Waals surface area contributed by atoms with Crippen molar-refractivity contribution in [2.75, 3.05) is 19.3 Å². The van der Waals surface area contributed by atoms with Gasteiger partial charge < -0.3 is 14.6 Å². The van der Waals surface area contributed by atoms with Crippen LogP contribution >= 0.6 is 0 Å². The molecule has 1 aliphatic heterocycles. The van der Waals surface area contributed by atoms with E-state index in [0.29, 0.717) is 17.6 Å². The highest BCUT2D eigenvalue weighted by Gasteiger charge is 2.20. The number of hydrogen-bond acceptors (Lipinski definition) is 7. The van der Waals surface area contributed by atoms with E-state index >= 15 is 0 Å². The fourth-order valence-corrected chi connectivity index (χ4v) is 3.13. The molecule has 1 N–H and O–H groups in total. The van der Waals surface area contributed by atoms with E-state index in [4.69, 9.17) is 9.26 Å². The topological polar surface area (TPSA) is 94.3 Å². The van der Waals surface area contributed by atoms with E-state index in [2.05, 4.69) is 15.5 Å². The predicted molar refractivity (Wildman–Crippen MR) is 83.0 cm³/mol. The lowest BCUT2D eigenvalue weighted by Crippen LogP contribution is -2.27. The summed E-state index contributed by atoms with van der Waals surface area (Å²) >= 11 is 0. The summed E-state index contributed by atoms with van der Waals surface area (Å²) in [7, 11) is -3.20. The van der Waals surface area contributed by atoms with Crippen LogP contribution in [-0.2, 0) is 16.4 Å². The van der Waals surface area contributed by atoms with E-state index in [1.54, 1.807) is 12.1 Å². The van der Waals surface area contributed by atoms with Crippen LogP contribution in [0, 0.1) is 0 Å². The molecule has 3 rings (SSSR count). The van der Waals surface area contributed by atoms with Crippen LogP contribution in [0.3, 0.4) is 0 Å². The molecule has 124 valence electrons. The lowest BCUT2D eigenvalue weighted by atomic mass is 9.98.